The normalized spacial score (nSPS) is 26.8. The van der Waals surface area contributed by atoms with E-state index in [1.807, 2.05) is 12.1 Å². The fraction of sp³-hybridized carbons (Fsp3) is 0.562. The van der Waals surface area contributed by atoms with Crippen LogP contribution >= 0.6 is 11.6 Å². The first-order chi connectivity index (χ1) is 9.78. The molecule has 4 heteroatoms. The van der Waals surface area contributed by atoms with Gasteiger partial charge in [-0.1, -0.05) is 17.7 Å². The first-order valence-electron chi connectivity index (χ1n) is 7.44. The maximum Gasteiger partial charge on any atom is 0.0992 e. The highest BCUT2D eigenvalue weighted by Gasteiger charge is 2.33. The van der Waals surface area contributed by atoms with Crippen molar-refractivity contribution in [2.24, 2.45) is 0 Å². The first kappa shape index (κ1) is 13.9. The van der Waals surface area contributed by atoms with Gasteiger partial charge in [-0.25, -0.2) is 0 Å². The lowest BCUT2D eigenvalue weighted by atomic mass is 10.0. The Kier molecular flexibility index (Phi) is 4.26. The number of hydrogen-bond acceptors (Lipinski definition) is 3. The molecule has 2 atom stereocenters. The Morgan fingerprint density at radius 1 is 1.35 bits per heavy atom. The Morgan fingerprint density at radius 2 is 2.25 bits per heavy atom. The van der Waals surface area contributed by atoms with E-state index < -0.39 is 0 Å². The van der Waals surface area contributed by atoms with E-state index in [0.29, 0.717) is 22.7 Å². The molecule has 0 radical (unpaired) electrons. The molecule has 0 aromatic heterocycles. The maximum absolute atomic E-state index is 8.90. The van der Waals surface area contributed by atoms with Crippen LogP contribution in [0.25, 0.3) is 0 Å². The van der Waals surface area contributed by atoms with Gasteiger partial charge >= 0.3 is 0 Å². The van der Waals surface area contributed by atoms with E-state index >= 15 is 0 Å². The van der Waals surface area contributed by atoms with Gasteiger partial charge in [0.15, 0.2) is 0 Å². The molecular weight excluding hydrogens is 270 g/mol. The third-order valence-electron chi connectivity index (χ3n) is 4.53. The van der Waals surface area contributed by atoms with Gasteiger partial charge in [0.25, 0.3) is 0 Å². The fourth-order valence-corrected chi connectivity index (χ4v) is 3.75. The van der Waals surface area contributed by atoms with E-state index in [1.54, 1.807) is 6.07 Å². The first-order valence-corrected chi connectivity index (χ1v) is 7.81. The summed E-state index contributed by atoms with van der Waals surface area (Å²) in [5, 5.41) is 13.2. The molecule has 106 valence electrons. The lowest BCUT2D eigenvalue weighted by Crippen LogP contribution is -2.43. The molecule has 1 aromatic carbocycles. The molecule has 2 aliphatic rings. The fourth-order valence-electron chi connectivity index (χ4n) is 3.51. The van der Waals surface area contributed by atoms with E-state index in [0.717, 1.165) is 25.2 Å². The number of benzene rings is 1. The molecule has 3 nitrogen and oxygen atoms in total. The average Bonchev–Trinajstić information content (AvgIpc) is 3.11. The van der Waals surface area contributed by atoms with Crippen LogP contribution in [-0.2, 0) is 6.54 Å². The molecule has 3 rings (SSSR count). The van der Waals surface area contributed by atoms with Gasteiger partial charge in [0.05, 0.1) is 11.6 Å². The predicted octanol–water partition coefficient (Wildman–Crippen LogP) is 2.93. The van der Waals surface area contributed by atoms with Crippen LogP contribution in [0.15, 0.2) is 18.2 Å². The van der Waals surface area contributed by atoms with E-state index in [-0.39, 0.29) is 0 Å². The van der Waals surface area contributed by atoms with Crippen molar-refractivity contribution in [1.29, 1.82) is 5.26 Å². The van der Waals surface area contributed by atoms with Gasteiger partial charge < -0.3 is 5.32 Å². The molecule has 2 aliphatic heterocycles. The van der Waals surface area contributed by atoms with Crippen molar-refractivity contribution >= 4 is 11.6 Å². The molecule has 0 aliphatic carbocycles. The van der Waals surface area contributed by atoms with Crippen LogP contribution in [0.2, 0.25) is 5.02 Å². The SMILES string of the molecule is N#Cc1ccc(CN2CCCC2C2CCCN2)c(Cl)c1. The van der Waals surface area contributed by atoms with Gasteiger partial charge in [-0.05, 0) is 56.5 Å². The highest BCUT2D eigenvalue weighted by molar-refractivity contribution is 6.31. The summed E-state index contributed by atoms with van der Waals surface area (Å²) in [7, 11) is 0. The number of hydrogen-bond donors (Lipinski definition) is 1. The van der Waals surface area contributed by atoms with Crippen LogP contribution < -0.4 is 5.32 Å². The van der Waals surface area contributed by atoms with Crippen molar-refractivity contribution < 1.29 is 0 Å². The predicted molar refractivity (Wildman–Crippen MR) is 80.6 cm³/mol. The van der Waals surface area contributed by atoms with E-state index in [1.165, 1.54) is 25.7 Å². The second-order valence-corrected chi connectivity index (χ2v) is 6.21. The molecule has 2 unspecified atom stereocenters. The number of likely N-dealkylation sites (tertiary alicyclic amines) is 1. The molecule has 2 fully saturated rings. The van der Waals surface area contributed by atoms with Crippen molar-refractivity contribution in [2.45, 2.75) is 44.3 Å². The average molecular weight is 290 g/mol. The summed E-state index contributed by atoms with van der Waals surface area (Å²) in [6.45, 7) is 3.21. The molecule has 1 N–H and O–H groups in total. The van der Waals surface area contributed by atoms with Gasteiger partial charge in [-0.3, -0.25) is 4.90 Å². The molecule has 2 saturated heterocycles. The Balaban J connectivity index is 1.71. The zero-order chi connectivity index (χ0) is 13.9. The van der Waals surface area contributed by atoms with Gasteiger partial charge in [0, 0.05) is 23.7 Å². The van der Waals surface area contributed by atoms with Crippen molar-refractivity contribution in [3.63, 3.8) is 0 Å². The molecular formula is C16H20ClN3. The van der Waals surface area contributed by atoms with Crippen molar-refractivity contribution in [3.8, 4) is 6.07 Å². The van der Waals surface area contributed by atoms with Gasteiger partial charge in [0.2, 0.25) is 0 Å². The quantitative estimate of drug-likeness (QED) is 0.930. The molecule has 0 amide bonds. The molecule has 0 bridgehead atoms. The number of rotatable bonds is 3. The van der Waals surface area contributed by atoms with E-state index in [4.69, 9.17) is 16.9 Å². The Hall–Kier alpha value is -1.08. The second-order valence-electron chi connectivity index (χ2n) is 5.80. The summed E-state index contributed by atoms with van der Waals surface area (Å²) >= 11 is 6.30. The highest BCUT2D eigenvalue weighted by Crippen LogP contribution is 2.28. The topological polar surface area (TPSA) is 39.1 Å². The lowest BCUT2D eigenvalue weighted by Gasteiger charge is -2.29. The minimum absolute atomic E-state index is 0.634. The highest BCUT2D eigenvalue weighted by atomic mass is 35.5. The smallest absolute Gasteiger partial charge is 0.0992 e. The van der Waals surface area contributed by atoms with E-state index in [2.05, 4.69) is 16.3 Å². The summed E-state index contributed by atoms with van der Waals surface area (Å²) in [5.41, 5.74) is 1.77. The monoisotopic (exact) mass is 289 g/mol. The second kappa shape index (κ2) is 6.13. The molecule has 2 heterocycles. The minimum Gasteiger partial charge on any atom is -0.312 e. The number of nitrogens with one attached hydrogen (secondary N) is 1. The molecule has 0 saturated carbocycles. The van der Waals surface area contributed by atoms with Crippen LogP contribution in [0.1, 0.15) is 36.8 Å². The standard InChI is InChI=1S/C16H20ClN3/c17-14-9-12(10-18)5-6-13(14)11-20-8-2-4-16(20)15-3-1-7-19-15/h5-6,9,15-16,19H,1-4,7-8,11H2. The number of nitriles is 1. The van der Waals surface area contributed by atoms with Crippen LogP contribution in [-0.4, -0.2) is 30.1 Å². The van der Waals surface area contributed by atoms with Gasteiger partial charge in [-0.2, -0.15) is 5.26 Å². The van der Waals surface area contributed by atoms with Crippen LogP contribution in [0.4, 0.5) is 0 Å². The summed E-state index contributed by atoms with van der Waals surface area (Å²) in [4.78, 5) is 2.55. The molecule has 0 spiro atoms. The van der Waals surface area contributed by atoms with Crippen LogP contribution in [0.3, 0.4) is 0 Å². The van der Waals surface area contributed by atoms with Crippen molar-refractivity contribution in [2.75, 3.05) is 13.1 Å². The summed E-state index contributed by atoms with van der Waals surface area (Å²) < 4.78 is 0. The number of nitrogens with zero attached hydrogens (tertiary/aromatic N) is 2. The van der Waals surface area contributed by atoms with Crippen LogP contribution in [0.5, 0.6) is 0 Å². The Labute approximate surface area is 125 Å². The van der Waals surface area contributed by atoms with E-state index in [9.17, 15) is 0 Å². The largest absolute Gasteiger partial charge is 0.312 e. The summed E-state index contributed by atoms with van der Waals surface area (Å²) in [5.74, 6) is 0. The summed E-state index contributed by atoms with van der Waals surface area (Å²) in [6, 6.07) is 9.06. The summed E-state index contributed by atoms with van der Waals surface area (Å²) in [6.07, 6.45) is 5.15. The maximum atomic E-state index is 8.90. The third kappa shape index (κ3) is 2.83. The zero-order valence-corrected chi connectivity index (χ0v) is 12.4. The Bertz CT molecular complexity index is 517. The van der Waals surface area contributed by atoms with Gasteiger partial charge in [0.1, 0.15) is 0 Å². The zero-order valence-electron chi connectivity index (χ0n) is 11.6. The number of halogens is 1. The minimum atomic E-state index is 0.634. The lowest BCUT2D eigenvalue weighted by molar-refractivity contribution is 0.206. The molecule has 1 aromatic rings. The van der Waals surface area contributed by atoms with Crippen molar-refractivity contribution in [3.05, 3.63) is 34.3 Å². The third-order valence-corrected chi connectivity index (χ3v) is 4.88. The Morgan fingerprint density at radius 3 is 2.95 bits per heavy atom. The molecule has 20 heavy (non-hydrogen) atoms. The van der Waals surface area contributed by atoms with Crippen molar-refractivity contribution in [1.82, 2.24) is 10.2 Å². The van der Waals surface area contributed by atoms with Gasteiger partial charge in [-0.15, -0.1) is 0 Å². The van der Waals surface area contributed by atoms with Crippen LogP contribution in [0, 0.1) is 11.3 Å².